The molecule has 1 aromatic carbocycles. The second-order valence-corrected chi connectivity index (χ2v) is 3.10. The van der Waals surface area contributed by atoms with Crippen molar-refractivity contribution in [2.75, 3.05) is 6.54 Å². The molecule has 0 spiro atoms. The summed E-state index contributed by atoms with van der Waals surface area (Å²) >= 11 is 0. The van der Waals surface area contributed by atoms with E-state index >= 15 is 0 Å². The molecule has 80 valence electrons. The summed E-state index contributed by atoms with van der Waals surface area (Å²) in [5.74, 6) is -0.351. The Bertz CT molecular complexity index is 402. The van der Waals surface area contributed by atoms with E-state index in [0.29, 0.717) is 18.5 Å². The number of phenolic OH excluding ortho intramolecular Hbond substituents is 1. The molecular formula is C10H12N2O3. The molecule has 0 saturated carbocycles. The van der Waals surface area contributed by atoms with E-state index in [-0.39, 0.29) is 11.4 Å². The summed E-state index contributed by atoms with van der Waals surface area (Å²) in [7, 11) is 0. The Kier molecular flexibility index (Phi) is 3.41. The molecule has 0 heterocycles. The summed E-state index contributed by atoms with van der Waals surface area (Å²) < 4.78 is 0. The number of rotatable bonds is 4. The van der Waals surface area contributed by atoms with E-state index in [1.165, 1.54) is 12.1 Å². The topological polar surface area (TPSA) is 89.4 Å². The first-order valence-corrected chi connectivity index (χ1v) is 4.42. The maximum atomic E-state index is 10.4. The van der Waals surface area contributed by atoms with Crippen LogP contribution in [0.3, 0.4) is 0 Å². The third-order valence-electron chi connectivity index (χ3n) is 2.03. The summed E-state index contributed by atoms with van der Waals surface area (Å²) in [6.07, 6.45) is 0.594. The summed E-state index contributed by atoms with van der Waals surface area (Å²) in [6, 6.07) is 4.14. The van der Waals surface area contributed by atoms with Gasteiger partial charge in [0.15, 0.2) is 5.75 Å². The first-order valence-electron chi connectivity index (χ1n) is 4.42. The number of aromatic hydroxyl groups is 1. The van der Waals surface area contributed by atoms with Crippen LogP contribution in [0.15, 0.2) is 24.8 Å². The largest absolute Gasteiger partial charge is 0.502 e. The molecule has 5 heteroatoms. The molecule has 0 atom stereocenters. The standard InChI is InChI=1S/C10H12N2O3/c1-7(4-5-11)8-2-3-9(12(14)15)10(13)6-8/h2-3,6,13H,1,4-5,11H2. The SMILES string of the molecule is C=C(CCN)c1ccc([N+](=O)[O-])c(O)c1. The maximum absolute atomic E-state index is 10.4. The fraction of sp³-hybridized carbons (Fsp3) is 0.200. The zero-order chi connectivity index (χ0) is 11.4. The van der Waals surface area contributed by atoms with Crippen LogP contribution >= 0.6 is 0 Å². The van der Waals surface area contributed by atoms with Gasteiger partial charge in [0.1, 0.15) is 0 Å². The second kappa shape index (κ2) is 4.56. The fourth-order valence-electron chi connectivity index (χ4n) is 1.22. The highest BCUT2D eigenvalue weighted by atomic mass is 16.6. The number of nitrogens with two attached hydrogens (primary N) is 1. The minimum absolute atomic E-state index is 0.306. The van der Waals surface area contributed by atoms with E-state index < -0.39 is 4.92 Å². The molecule has 15 heavy (non-hydrogen) atoms. The lowest BCUT2D eigenvalue weighted by Gasteiger charge is -2.04. The molecule has 0 unspecified atom stereocenters. The predicted molar refractivity (Wildman–Crippen MR) is 57.5 cm³/mol. The molecular weight excluding hydrogens is 196 g/mol. The van der Waals surface area contributed by atoms with Gasteiger partial charge >= 0.3 is 5.69 Å². The number of nitro groups is 1. The molecule has 0 aliphatic heterocycles. The van der Waals surface area contributed by atoms with Gasteiger partial charge < -0.3 is 10.8 Å². The first kappa shape index (κ1) is 11.2. The van der Waals surface area contributed by atoms with Crippen molar-refractivity contribution in [2.24, 2.45) is 5.73 Å². The summed E-state index contributed by atoms with van der Waals surface area (Å²) in [5, 5.41) is 19.8. The first-order chi connectivity index (χ1) is 7.06. The van der Waals surface area contributed by atoms with Gasteiger partial charge in [-0.25, -0.2) is 0 Å². The van der Waals surface area contributed by atoms with Gasteiger partial charge in [0, 0.05) is 6.07 Å². The van der Waals surface area contributed by atoms with Crippen LogP contribution in [0.5, 0.6) is 5.75 Å². The van der Waals surface area contributed by atoms with Crippen LogP contribution in [-0.2, 0) is 0 Å². The Balaban J connectivity index is 3.01. The zero-order valence-corrected chi connectivity index (χ0v) is 8.14. The molecule has 0 saturated heterocycles. The van der Waals surface area contributed by atoms with Gasteiger partial charge in [-0.1, -0.05) is 6.58 Å². The molecule has 1 aromatic rings. The van der Waals surface area contributed by atoms with Crippen molar-refractivity contribution < 1.29 is 10.0 Å². The van der Waals surface area contributed by atoms with Crippen molar-refractivity contribution in [2.45, 2.75) is 6.42 Å². The lowest BCUT2D eigenvalue weighted by molar-refractivity contribution is -0.385. The van der Waals surface area contributed by atoms with Crippen LogP contribution in [0, 0.1) is 10.1 Å². The fourth-order valence-corrected chi connectivity index (χ4v) is 1.22. The molecule has 0 fully saturated rings. The average Bonchev–Trinajstić information content (AvgIpc) is 2.17. The number of benzene rings is 1. The molecule has 0 aliphatic carbocycles. The summed E-state index contributed by atoms with van der Waals surface area (Å²) in [4.78, 5) is 9.80. The van der Waals surface area contributed by atoms with Gasteiger partial charge in [0.25, 0.3) is 0 Å². The van der Waals surface area contributed by atoms with Gasteiger partial charge in [-0.05, 0) is 36.2 Å². The third kappa shape index (κ3) is 2.54. The molecule has 0 aliphatic rings. The Morgan fingerprint density at radius 2 is 2.27 bits per heavy atom. The summed E-state index contributed by atoms with van der Waals surface area (Å²) in [5.41, 5.74) is 6.47. The monoisotopic (exact) mass is 208 g/mol. The molecule has 5 nitrogen and oxygen atoms in total. The molecule has 0 aromatic heterocycles. The molecule has 0 amide bonds. The summed E-state index contributed by atoms with van der Waals surface area (Å²) in [6.45, 7) is 4.22. The highest BCUT2D eigenvalue weighted by molar-refractivity contribution is 5.67. The van der Waals surface area contributed by atoms with Crippen LogP contribution in [-0.4, -0.2) is 16.6 Å². The minimum Gasteiger partial charge on any atom is -0.502 e. The zero-order valence-electron chi connectivity index (χ0n) is 8.14. The molecule has 1 rings (SSSR count). The van der Waals surface area contributed by atoms with Crippen LogP contribution in [0.2, 0.25) is 0 Å². The van der Waals surface area contributed by atoms with Crippen LogP contribution in [0.1, 0.15) is 12.0 Å². The normalized spacial score (nSPS) is 9.93. The predicted octanol–water partition coefficient (Wildman–Crippen LogP) is 1.66. The Morgan fingerprint density at radius 3 is 2.73 bits per heavy atom. The molecule has 0 bridgehead atoms. The van der Waals surface area contributed by atoms with Crippen molar-refractivity contribution in [3.63, 3.8) is 0 Å². The lowest BCUT2D eigenvalue weighted by atomic mass is 10.0. The maximum Gasteiger partial charge on any atom is 0.310 e. The lowest BCUT2D eigenvalue weighted by Crippen LogP contribution is -1.99. The van der Waals surface area contributed by atoms with Crippen LogP contribution in [0.25, 0.3) is 5.57 Å². The smallest absolute Gasteiger partial charge is 0.310 e. The van der Waals surface area contributed by atoms with Gasteiger partial charge in [-0.3, -0.25) is 10.1 Å². The highest BCUT2D eigenvalue weighted by Gasteiger charge is 2.13. The van der Waals surface area contributed by atoms with Crippen LogP contribution < -0.4 is 5.73 Å². The van der Waals surface area contributed by atoms with E-state index in [2.05, 4.69) is 6.58 Å². The van der Waals surface area contributed by atoms with E-state index in [4.69, 9.17) is 5.73 Å². The Labute approximate surface area is 87.0 Å². The number of hydrogen-bond donors (Lipinski definition) is 2. The quantitative estimate of drug-likeness (QED) is 0.581. The van der Waals surface area contributed by atoms with Crippen molar-refractivity contribution >= 4 is 11.3 Å². The number of nitro benzene ring substituents is 1. The third-order valence-corrected chi connectivity index (χ3v) is 2.03. The average molecular weight is 208 g/mol. The Morgan fingerprint density at radius 1 is 1.60 bits per heavy atom. The Hall–Kier alpha value is -1.88. The number of phenols is 1. The van der Waals surface area contributed by atoms with Crippen molar-refractivity contribution in [3.8, 4) is 5.75 Å². The van der Waals surface area contributed by atoms with Gasteiger partial charge in [0.2, 0.25) is 0 Å². The molecule has 0 radical (unpaired) electrons. The number of nitrogens with zero attached hydrogens (tertiary/aromatic N) is 1. The van der Waals surface area contributed by atoms with Crippen molar-refractivity contribution in [1.29, 1.82) is 0 Å². The van der Waals surface area contributed by atoms with Crippen molar-refractivity contribution in [3.05, 3.63) is 40.5 Å². The highest BCUT2D eigenvalue weighted by Crippen LogP contribution is 2.29. The molecule has 3 N–H and O–H groups in total. The van der Waals surface area contributed by atoms with Crippen LogP contribution in [0.4, 0.5) is 5.69 Å². The number of hydrogen-bond acceptors (Lipinski definition) is 4. The van der Waals surface area contributed by atoms with Gasteiger partial charge in [-0.15, -0.1) is 0 Å². The van der Waals surface area contributed by atoms with Gasteiger partial charge in [0.05, 0.1) is 4.92 Å². The van der Waals surface area contributed by atoms with E-state index in [1.54, 1.807) is 6.07 Å². The van der Waals surface area contributed by atoms with E-state index in [9.17, 15) is 15.2 Å². The van der Waals surface area contributed by atoms with E-state index in [0.717, 1.165) is 5.57 Å². The second-order valence-electron chi connectivity index (χ2n) is 3.10. The minimum atomic E-state index is -0.634. The van der Waals surface area contributed by atoms with E-state index in [1.807, 2.05) is 0 Å². The van der Waals surface area contributed by atoms with Crippen molar-refractivity contribution in [1.82, 2.24) is 0 Å². The van der Waals surface area contributed by atoms with Gasteiger partial charge in [-0.2, -0.15) is 0 Å².